The number of halogens is 2. The van der Waals surface area contributed by atoms with E-state index in [-0.39, 0.29) is 30.5 Å². The summed E-state index contributed by atoms with van der Waals surface area (Å²) < 4.78 is 44.2. The molecule has 0 radical (unpaired) electrons. The second kappa shape index (κ2) is 11.2. The third kappa shape index (κ3) is 6.05. The number of amides is 1. The van der Waals surface area contributed by atoms with Crippen molar-refractivity contribution in [3.63, 3.8) is 0 Å². The van der Waals surface area contributed by atoms with Crippen LogP contribution in [0.2, 0.25) is 0 Å². The van der Waals surface area contributed by atoms with E-state index in [4.69, 9.17) is 14.2 Å². The quantitative estimate of drug-likeness (QED) is 0.437. The molecule has 3 aromatic rings. The topological polar surface area (TPSA) is 107 Å². The van der Waals surface area contributed by atoms with E-state index >= 15 is 0 Å². The van der Waals surface area contributed by atoms with Crippen molar-refractivity contribution in [3.05, 3.63) is 54.0 Å². The fourth-order valence-corrected chi connectivity index (χ4v) is 4.69. The molecule has 0 spiro atoms. The summed E-state index contributed by atoms with van der Waals surface area (Å²) >= 11 is 0. The first kappa shape index (κ1) is 25.1. The third-order valence-electron chi connectivity index (χ3n) is 6.64. The molecule has 1 aromatic heterocycles. The second-order valence-corrected chi connectivity index (χ2v) is 9.20. The van der Waals surface area contributed by atoms with E-state index < -0.39 is 30.2 Å². The minimum absolute atomic E-state index is 0.0802. The average molecular weight is 514 g/mol. The van der Waals surface area contributed by atoms with E-state index in [1.165, 1.54) is 19.2 Å². The molecule has 0 bridgehead atoms. The van der Waals surface area contributed by atoms with E-state index in [2.05, 4.69) is 25.9 Å². The number of hydrogen-bond acceptors (Lipinski definition) is 8. The molecule has 2 aromatic carbocycles. The fraction of sp³-hybridized carbons (Fsp3) is 0.423. The summed E-state index contributed by atoms with van der Waals surface area (Å²) in [4.78, 5) is 21.8. The predicted molar refractivity (Wildman–Crippen MR) is 133 cm³/mol. The Hall–Kier alpha value is -3.57. The van der Waals surface area contributed by atoms with Gasteiger partial charge in [0.1, 0.15) is 11.9 Å². The Morgan fingerprint density at radius 1 is 1.22 bits per heavy atom. The molecule has 2 aliphatic rings. The van der Waals surface area contributed by atoms with E-state index in [1.54, 1.807) is 30.5 Å². The molecule has 9 nitrogen and oxygen atoms in total. The number of nitrogens with one attached hydrogen (secondary N) is 3. The van der Waals surface area contributed by atoms with Crippen LogP contribution in [-0.2, 0) is 4.74 Å². The first-order chi connectivity index (χ1) is 18.0. The molecule has 37 heavy (non-hydrogen) atoms. The Bertz CT molecular complexity index is 1260. The molecule has 3 atom stereocenters. The molecule has 0 saturated carbocycles. The van der Waals surface area contributed by atoms with E-state index in [0.29, 0.717) is 30.2 Å². The maximum atomic E-state index is 14.4. The van der Waals surface area contributed by atoms with Crippen molar-refractivity contribution in [2.24, 2.45) is 0 Å². The molecule has 2 saturated heterocycles. The Balaban J connectivity index is 1.31. The number of benzene rings is 2. The van der Waals surface area contributed by atoms with Crippen molar-refractivity contribution >= 4 is 22.9 Å². The van der Waals surface area contributed by atoms with Crippen LogP contribution in [-0.4, -0.2) is 61.2 Å². The summed E-state index contributed by atoms with van der Waals surface area (Å²) in [5, 5.41) is 9.94. The van der Waals surface area contributed by atoms with E-state index in [0.717, 1.165) is 18.2 Å². The van der Waals surface area contributed by atoms with Crippen LogP contribution in [0, 0.1) is 5.82 Å². The highest BCUT2D eigenvalue weighted by molar-refractivity contribution is 5.81. The Morgan fingerprint density at radius 3 is 2.78 bits per heavy atom. The summed E-state index contributed by atoms with van der Waals surface area (Å²) in [6, 6.07) is 8.54. The molecule has 3 heterocycles. The van der Waals surface area contributed by atoms with Crippen LogP contribution in [0.5, 0.6) is 11.5 Å². The van der Waals surface area contributed by atoms with Gasteiger partial charge >= 0.3 is 6.09 Å². The highest BCUT2D eigenvalue weighted by Gasteiger charge is 2.33. The summed E-state index contributed by atoms with van der Waals surface area (Å²) in [7, 11) is 1.37. The van der Waals surface area contributed by atoms with Gasteiger partial charge in [-0.3, -0.25) is 0 Å². The molecule has 5 rings (SSSR count). The van der Waals surface area contributed by atoms with Gasteiger partial charge < -0.3 is 30.2 Å². The maximum absolute atomic E-state index is 14.4. The largest absolute Gasteiger partial charge is 0.494 e. The monoisotopic (exact) mass is 513 g/mol. The minimum atomic E-state index is -1.06. The second-order valence-electron chi connectivity index (χ2n) is 9.20. The molecule has 1 amide bonds. The van der Waals surface area contributed by atoms with Gasteiger partial charge in [0.25, 0.3) is 0 Å². The van der Waals surface area contributed by atoms with Crippen LogP contribution in [0.25, 0.3) is 10.9 Å². The number of carbonyl (C=O) groups is 1. The summed E-state index contributed by atoms with van der Waals surface area (Å²) in [5.41, 5.74) is 1.08. The molecule has 2 aliphatic heterocycles. The van der Waals surface area contributed by atoms with Gasteiger partial charge in [-0.15, -0.1) is 0 Å². The lowest BCUT2D eigenvalue weighted by atomic mass is 9.97. The fourth-order valence-electron chi connectivity index (χ4n) is 4.69. The lowest BCUT2D eigenvalue weighted by Gasteiger charge is -2.25. The number of rotatable bonds is 7. The summed E-state index contributed by atoms with van der Waals surface area (Å²) in [6.07, 6.45) is 1.83. The van der Waals surface area contributed by atoms with E-state index in [1.807, 2.05) is 0 Å². The van der Waals surface area contributed by atoms with Crippen molar-refractivity contribution in [2.75, 3.05) is 32.2 Å². The van der Waals surface area contributed by atoms with Crippen LogP contribution >= 0.6 is 0 Å². The molecular weight excluding hydrogens is 484 g/mol. The van der Waals surface area contributed by atoms with Gasteiger partial charge in [-0.25, -0.2) is 23.5 Å². The zero-order valence-electron chi connectivity index (χ0n) is 20.4. The molecule has 0 unspecified atom stereocenters. The van der Waals surface area contributed by atoms with Crippen molar-refractivity contribution in [2.45, 2.75) is 43.6 Å². The van der Waals surface area contributed by atoms with Gasteiger partial charge in [-0.2, -0.15) is 0 Å². The lowest BCUT2D eigenvalue weighted by Crippen LogP contribution is -2.42. The standard InChI is InChI=1S/C26H29F2N5O4/c1-35-23-5-3-15(10-20(23)28)24(22-11-17(27)14-29-22)33-26(34)37-19-4-2-16-13-30-25(32-21(16)12-19)31-18-6-8-36-9-7-18/h2-5,10,12-13,17-18,22,24,29H,6-9,11,14H2,1H3,(H,33,34)(H,30,31,32)/t17-,22+,24-/m0/s1. The number of methoxy groups -OCH3 is 1. The summed E-state index contributed by atoms with van der Waals surface area (Å²) in [6.45, 7) is 1.56. The predicted octanol–water partition coefficient (Wildman–Crippen LogP) is 3.90. The number of nitrogens with zero attached hydrogens (tertiary/aromatic N) is 2. The molecule has 3 N–H and O–H groups in total. The van der Waals surface area contributed by atoms with E-state index in [9.17, 15) is 13.6 Å². The third-order valence-corrected chi connectivity index (χ3v) is 6.64. The summed E-state index contributed by atoms with van der Waals surface area (Å²) in [5.74, 6) is 0.282. The lowest BCUT2D eigenvalue weighted by molar-refractivity contribution is 0.0903. The maximum Gasteiger partial charge on any atom is 0.413 e. The average Bonchev–Trinajstić information content (AvgIpc) is 3.33. The number of hydrogen-bond donors (Lipinski definition) is 3. The van der Waals surface area contributed by atoms with Crippen molar-refractivity contribution in [1.29, 1.82) is 0 Å². The van der Waals surface area contributed by atoms with Crippen LogP contribution in [0.4, 0.5) is 19.5 Å². The number of fused-ring (bicyclic) bond motifs is 1. The number of aromatic nitrogens is 2. The first-order valence-electron chi connectivity index (χ1n) is 12.3. The molecule has 0 aliphatic carbocycles. The number of ether oxygens (including phenoxy) is 3. The van der Waals surface area contributed by atoms with Crippen molar-refractivity contribution in [1.82, 2.24) is 20.6 Å². The van der Waals surface area contributed by atoms with Gasteiger partial charge in [0.2, 0.25) is 5.95 Å². The van der Waals surface area contributed by atoms with Crippen LogP contribution in [0.15, 0.2) is 42.6 Å². The number of alkyl halides is 1. The molecule has 11 heteroatoms. The van der Waals surface area contributed by atoms with Crippen LogP contribution < -0.4 is 25.4 Å². The molecule has 196 valence electrons. The van der Waals surface area contributed by atoms with Crippen LogP contribution in [0.3, 0.4) is 0 Å². The van der Waals surface area contributed by atoms with Gasteiger partial charge in [0.15, 0.2) is 11.6 Å². The Labute approximate surface area is 212 Å². The van der Waals surface area contributed by atoms with Crippen molar-refractivity contribution in [3.8, 4) is 11.5 Å². The number of anilines is 1. The first-order valence-corrected chi connectivity index (χ1v) is 12.3. The highest BCUT2D eigenvalue weighted by atomic mass is 19.1. The number of carbonyl (C=O) groups excluding carboxylic acids is 1. The molecule has 2 fully saturated rings. The zero-order chi connectivity index (χ0) is 25.8. The van der Waals surface area contributed by atoms with Gasteiger partial charge in [-0.1, -0.05) is 6.07 Å². The normalized spacial score (nSPS) is 20.9. The van der Waals surface area contributed by atoms with Gasteiger partial charge in [0, 0.05) is 49.5 Å². The smallest absolute Gasteiger partial charge is 0.413 e. The molecular formula is C26H29F2N5O4. The van der Waals surface area contributed by atoms with Gasteiger partial charge in [0.05, 0.1) is 18.7 Å². The zero-order valence-corrected chi connectivity index (χ0v) is 20.4. The minimum Gasteiger partial charge on any atom is -0.494 e. The SMILES string of the molecule is COc1ccc([C@H](NC(=O)Oc2ccc3cnc(NC4CCOCC4)nc3c2)[C@H]2C[C@H](F)CN2)cc1F. The Morgan fingerprint density at radius 2 is 2.05 bits per heavy atom. The van der Waals surface area contributed by atoms with Crippen LogP contribution in [0.1, 0.15) is 30.9 Å². The van der Waals surface area contributed by atoms with Gasteiger partial charge in [-0.05, 0) is 49.1 Å². The van der Waals surface area contributed by atoms with Crippen molar-refractivity contribution < 1.29 is 27.8 Å². The Kier molecular flexibility index (Phi) is 7.61. The highest BCUT2D eigenvalue weighted by Crippen LogP contribution is 2.29.